The summed E-state index contributed by atoms with van der Waals surface area (Å²) in [5.74, 6) is 0.990. The van der Waals surface area contributed by atoms with Gasteiger partial charge >= 0.3 is 0 Å². The van der Waals surface area contributed by atoms with Crippen molar-refractivity contribution in [3.8, 4) is 0 Å². The van der Waals surface area contributed by atoms with E-state index in [2.05, 4.69) is 11.8 Å². The number of halogens is 1. The zero-order valence-corrected chi connectivity index (χ0v) is 11.1. The van der Waals surface area contributed by atoms with Gasteiger partial charge in [-0.25, -0.2) is 4.39 Å². The highest BCUT2D eigenvalue weighted by molar-refractivity contribution is 5.21. The standard InChI is InChI=1S/C15H23FN2/c1-12-6-8-18(9-7-12)11-14(10-17)13-2-4-15(16)5-3-13/h2-5,12,14H,6-11,17H2,1H3. The molecule has 0 amide bonds. The number of benzene rings is 1. The molecule has 0 bridgehead atoms. The fourth-order valence-corrected chi connectivity index (χ4v) is 2.61. The first-order chi connectivity index (χ1) is 8.69. The van der Waals surface area contributed by atoms with Gasteiger partial charge in [-0.2, -0.15) is 0 Å². The van der Waals surface area contributed by atoms with E-state index < -0.39 is 0 Å². The molecule has 0 spiro atoms. The van der Waals surface area contributed by atoms with Gasteiger partial charge in [0.05, 0.1) is 0 Å². The quantitative estimate of drug-likeness (QED) is 0.890. The smallest absolute Gasteiger partial charge is 0.123 e. The van der Waals surface area contributed by atoms with E-state index in [1.54, 1.807) is 0 Å². The molecule has 1 aromatic carbocycles. The second kappa shape index (κ2) is 6.30. The van der Waals surface area contributed by atoms with E-state index in [0.717, 1.165) is 18.0 Å². The van der Waals surface area contributed by atoms with Crippen LogP contribution in [0.4, 0.5) is 4.39 Å². The number of nitrogens with two attached hydrogens (primary N) is 1. The van der Waals surface area contributed by atoms with Gasteiger partial charge in [0.25, 0.3) is 0 Å². The summed E-state index contributed by atoms with van der Waals surface area (Å²) in [5, 5.41) is 0. The summed E-state index contributed by atoms with van der Waals surface area (Å²) < 4.78 is 12.9. The Kier molecular flexibility index (Phi) is 4.72. The van der Waals surface area contributed by atoms with Gasteiger partial charge in [0.15, 0.2) is 0 Å². The van der Waals surface area contributed by atoms with Gasteiger partial charge < -0.3 is 10.6 Å². The summed E-state index contributed by atoms with van der Waals surface area (Å²) in [7, 11) is 0. The van der Waals surface area contributed by atoms with E-state index >= 15 is 0 Å². The number of piperidine rings is 1. The van der Waals surface area contributed by atoms with Crippen molar-refractivity contribution in [2.45, 2.75) is 25.7 Å². The highest BCUT2D eigenvalue weighted by Gasteiger charge is 2.19. The minimum atomic E-state index is -0.179. The predicted octanol–water partition coefficient (Wildman–Crippen LogP) is 2.60. The number of nitrogens with zero attached hydrogens (tertiary/aromatic N) is 1. The van der Waals surface area contributed by atoms with Crippen LogP contribution in [0.5, 0.6) is 0 Å². The Bertz CT molecular complexity index is 355. The molecule has 2 nitrogen and oxygen atoms in total. The van der Waals surface area contributed by atoms with Gasteiger partial charge in [-0.05, 0) is 49.5 Å². The molecule has 2 N–H and O–H groups in total. The van der Waals surface area contributed by atoms with Crippen molar-refractivity contribution < 1.29 is 4.39 Å². The van der Waals surface area contributed by atoms with E-state index in [9.17, 15) is 4.39 Å². The molecule has 1 aliphatic heterocycles. The SMILES string of the molecule is CC1CCN(CC(CN)c2ccc(F)cc2)CC1. The molecule has 1 aromatic rings. The molecule has 2 rings (SSSR count). The molecule has 100 valence electrons. The van der Waals surface area contributed by atoms with Crippen LogP contribution in [0.1, 0.15) is 31.2 Å². The van der Waals surface area contributed by atoms with Crippen molar-refractivity contribution in [1.82, 2.24) is 4.90 Å². The van der Waals surface area contributed by atoms with Crippen molar-refractivity contribution in [1.29, 1.82) is 0 Å². The van der Waals surface area contributed by atoms with Crippen molar-refractivity contribution in [3.05, 3.63) is 35.6 Å². The lowest BCUT2D eigenvalue weighted by molar-refractivity contribution is 0.183. The van der Waals surface area contributed by atoms with Gasteiger partial charge in [0.2, 0.25) is 0 Å². The van der Waals surface area contributed by atoms with Crippen LogP contribution >= 0.6 is 0 Å². The second-order valence-corrected chi connectivity index (χ2v) is 5.47. The summed E-state index contributed by atoms with van der Waals surface area (Å²) in [5.41, 5.74) is 7.02. The predicted molar refractivity (Wildman–Crippen MR) is 73.0 cm³/mol. The lowest BCUT2D eigenvalue weighted by Crippen LogP contribution is -2.37. The molecule has 18 heavy (non-hydrogen) atoms. The number of hydrogen-bond donors (Lipinski definition) is 1. The van der Waals surface area contributed by atoms with E-state index in [0.29, 0.717) is 12.5 Å². The normalized spacial score (nSPS) is 19.9. The summed E-state index contributed by atoms with van der Waals surface area (Å²) >= 11 is 0. The summed E-state index contributed by atoms with van der Waals surface area (Å²) in [4.78, 5) is 2.49. The first kappa shape index (κ1) is 13.5. The average Bonchev–Trinajstić information content (AvgIpc) is 2.39. The monoisotopic (exact) mass is 250 g/mol. The van der Waals surface area contributed by atoms with Crippen LogP contribution in [0.25, 0.3) is 0 Å². The first-order valence-electron chi connectivity index (χ1n) is 6.87. The molecule has 1 atom stereocenters. The molecule has 1 heterocycles. The van der Waals surface area contributed by atoms with E-state index in [1.165, 1.54) is 38.1 Å². The molecular weight excluding hydrogens is 227 g/mol. The molecule has 3 heteroatoms. The molecule has 0 aliphatic carbocycles. The molecule has 0 radical (unpaired) electrons. The van der Waals surface area contributed by atoms with E-state index in [4.69, 9.17) is 5.73 Å². The van der Waals surface area contributed by atoms with Gasteiger partial charge in [0.1, 0.15) is 5.82 Å². The Morgan fingerprint density at radius 3 is 2.44 bits per heavy atom. The van der Waals surface area contributed by atoms with E-state index in [1.807, 2.05) is 12.1 Å². The molecule has 1 saturated heterocycles. The summed E-state index contributed by atoms with van der Waals surface area (Å²) in [6.45, 7) is 6.27. The minimum Gasteiger partial charge on any atom is -0.330 e. The molecule has 0 aromatic heterocycles. The minimum absolute atomic E-state index is 0.179. The van der Waals surface area contributed by atoms with Gasteiger partial charge in [-0.1, -0.05) is 19.1 Å². The zero-order chi connectivity index (χ0) is 13.0. The zero-order valence-electron chi connectivity index (χ0n) is 11.1. The van der Waals surface area contributed by atoms with Crippen LogP contribution in [0, 0.1) is 11.7 Å². The summed E-state index contributed by atoms with van der Waals surface area (Å²) in [6, 6.07) is 6.77. The lowest BCUT2D eigenvalue weighted by atomic mass is 9.95. The van der Waals surface area contributed by atoms with Crippen LogP contribution in [-0.2, 0) is 0 Å². The summed E-state index contributed by atoms with van der Waals surface area (Å²) in [6.07, 6.45) is 2.56. The average molecular weight is 250 g/mol. The van der Waals surface area contributed by atoms with Gasteiger partial charge in [0, 0.05) is 19.0 Å². The molecule has 0 saturated carbocycles. The third-order valence-corrected chi connectivity index (χ3v) is 3.98. The van der Waals surface area contributed by atoms with E-state index in [-0.39, 0.29) is 5.82 Å². The Hall–Kier alpha value is -0.930. The largest absolute Gasteiger partial charge is 0.330 e. The van der Waals surface area contributed by atoms with Gasteiger partial charge in [-0.3, -0.25) is 0 Å². The van der Waals surface area contributed by atoms with Crippen molar-refractivity contribution >= 4 is 0 Å². The van der Waals surface area contributed by atoms with Crippen LogP contribution in [0.2, 0.25) is 0 Å². The van der Waals surface area contributed by atoms with Crippen molar-refractivity contribution in [2.24, 2.45) is 11.7 Å². The Morgan fingerprint density at radius 2 is 1.89 bits per heavy atom. The second-order valence-electron chi connectivity index (χ2n) is 5.47. The Morgan fingerprint density at radius 1 is 1.28 bits per heavy atom. The third-order valence-electron chi connectivity index (χ3n) is 3.98. The lowest BCUT2D eigenvalue weighted by Gasteiger charge is -2.32. The maximum Gasteiger partial charge on any atom is 0.123 e. The highest BCUT2D eigenvalue weighted by Crippen LogP contribution is 2.21. The third kappa shape index (κ3) is 3.53. The molecule has 1 aliphatic rings. The number of rotatable bonds is 4. The van der Waals surface area contributed by atoms with Gasteiger partial charge in [-0.15, -0.1) is 0 Å². The Labute approximate surface area is 109 Å². The molecular formula is C15H23FN2. The maximum absolute atomic E-state index is 12.9. The van der Waals surface area contributed by atoms with Crippen molar-refractivity contribution in [2.75, 3.05) is 26.2 Å². The molecule has 1 unspecified atom stereocenters. The van der Waals surface area contributed by atoms with Crippen LogP contribution in [0.15, 0.2) is 24.3 Å². The van der Waals surface area contributed by atoms with Crippen LogP contribution < -0.4 is 5.73 Å². The number of likely N-dealkylation sites (tertiary alicyclic amines) is 1. The highest BCUT2D eigenvalue weighted by atomic mass is 19.1. The van der Waals surface area contributed by atoms with Crippen LogP contribution in [0.3, 0.4) is 0 Å². The maximum atomic E-state index is 12.9. The molecule has 1 fully saturated rings. The fraction of sp³-hybridized carbons (Fsp3) is 0.600. The van der Waals surface area contributed by atoms with Crippen molar-refractivity contribution in [3.63, 3.8) is 0 Å². The van der Waals surface area contributed by atoms with Crippen LogP contribution in [-0.4, -0.2) is 31.1 Å². The topological polar surface area (TPSA) is 29.3 Å². The number of hydrogen-bond acceptors (Lipinski definition) is 2. The fourth-order valence-electron chi connectivity index (χ4n) is 2.61. The first-order valence-corrected chi connectivity index (χ1v) is 6.87. The Balaban J connectivity index is 1.94.